The average molecular weight is 210 g/mol. The molecule has 0 fully saturated rings. The Kier molecular flexibility index (Phi) is 6.10. The van der Waals surface area contributed by atoms with Crippen LogP contribution in [0.15, 0.2) is 0 Å². The Balaban J connectivity index is 3.88. The summed E-state index contributed by atoms with van der Waals surface area (Å²) in [7, 11) is 2.12. The van der Waals surface area contributed by atoms with Crippen molar-refractivity contribution >= 4 is 26.3 Å². The van der Waals surface area contributed by atoms with Crippen LogP contribution in [0.4, 0.5) is 0 Å². The first kappa shape index (κ1) is 12.4. The first-order chi connectivity index (χ1) is 5.54. The molecule has 72 valence electrons. The van der Waals surface area contributed by atoms with Gasteiger partial charge in [-0.25, -0.2) is 0 Å². The van der Waals surface area contributed by atoms with Crippen molar-refractivity contribution in [3.8, 4) is 0 Å². The third kappa shape index (κ3) is 4.41. The number of aliphatic hydroxyl groups excluding tert-OH is 1. The van der Waals surface area contributed by atoms with Gasteiger partial charge in [-0.05, 0) is 13.8 Å². The number of aliphatic hydroxyl groups is 1. The maximum Gasteiger partial charge on any atom is 0.196 e. The number of rotatable bonds is 5. The fraction of sp³-hybridized carbons (Fsp3) is 0.857. The summed E-state index contributed by atoms with van der Waals surface area (Å²) in [6.45, 7) is 4.07. The Morgan fingerprint density at radius 3 is 2.67 bits per heavy atom. The average Bonchev–Trinajstić information content (AvgIpc) is 2.00. The summed E-state index contributed by atoms with van der Waals surface area (Å²) in [5, 5.41) is 8.56. The van der Waals surface area contributed by atoms with Crippen LogP contribution in [0.25, 0.3) is 0 Å². The van der Waals surface area contributed by atoms with Gasteiger partial charge in [-0.1, -0.05) is 11.8 Å². The van der Waals surface area contributed by atoms with Crippen molar-refractivity contribution in [3.05, 3.63) is 0 Å². The Labute approximate surface area is 79.5 Å². The van der Waals surface area contributed by atoms with E-state index in [1.807, 2.05) is 13.8 Å². The lowest BCUT2D eigenvalue weighted by Gasteiger charge is -2.20. The molecule has 0 rings (SSSR count). The normalized spacial score (nSPS) is 11.7. The second kappa shape index (κ2) is 5.92. The Bertz CT molecular complexity index is 150. The van der Waals surface area contributed by atoms with Crippen molar-refractivity contribution < 1.29 is 14.4 Å². The monoisotopic (exact) mass is 210 g/mol. The summed E-state index contributed by atoms with van der Waals surface area (Å²) in [5.74, 6) is 0.457. The van der Waals surface area contributed by atoms with Crippen LogP contribution in [-0.4, -0.2) is 29.2 Å². The second-order valence-corrected chi connectivity index (χ2v) is 4.46. The zero-order valence-corrected chi connectivity index (χ0v) is 9.34. The smallest absolute Gasteiger partial charge is 0.196 e. The summed E-state index contributed by atoms with van der Waals surface area (Å²) >= 11 is 1.15. The lowest BCUT2D eigenvalue weighted by molar-refractivity contribution is -0.119. The molecule has 0 aliphatic heterocycles. The van der Waals surface area contributed by atoms with Crippen molar-refractivity contribution in [2.75, 3.05) is 19.0 Å². The van der Waals surface area contributed by atoms with E-state index in [9.17, 15) is 4.79 Å². The van der Waals surface area contributed by atoms with Gasteiger partial charge in [-0.2, -0.15) is 0 Å². The molecule has 12 heavy (non-hydrogen) atoms. The predicted molar refractivity (Wildman–Crippen MR) is 54.0 cm³/mol. The third-order valence-electron chi connectivity index (χ3n) is 1.32. The fourth-order valence-corrected chi connectivity index (χ4v) is 1.74. The second-order valence-electron chi connectivity index (χ2n) is 3.05. The van der Waals surface area contributed by atoms with Crippen LogP contribution < -0.4 is 0 Å². The number of hydrogen-bond donors (Lipinski definition) is 1. The first-order valence-electron chi connectivity index (χ1n) is 3.64. The van der Waals surface area contributed by atoms with Gasteiger partial charge < -0.3 is 9.63 Å². The first-order valence-corrected chi connectivity index (χ1v) is 5.10. The topological polar surface area (TPSA) is 46.5 Å². The quantitative estimate of drug-likeness (QED) is 0.689. The highest BCUT2D eigenvalue weighted by Crippen LogP contribution is 2.24. The lowest BCUT2D eigenvalue weighted by Crippen LogP contribution is -2.26. The Hall–Kier alpha value is 0.370. The maximum atomic E-state index is 11.4. The van der Waals surface area contributed by atoms with Crippen molar-refractivity contribution in [2.45, 2.75) is 13.8 Å². The molecular formula is C7H15O3PS. The standard InChI is InChI=1S/C7H15O3PS/c1-7(2,5-10-11)6(9)12-4-3-8/h8H,3-5,11H2,1-2H3. The van der Waals surface area contributed by atoms with E-state index in [2.05, 4.69) is 9.47 Å². The number of carbonyl (C=O) groups is 1. The molecule has 5 heteroatoms. The molecule has 0 aromatic heterocycles. The van der Waals surface area contributed by atoms with Crippen molar-refractivity contribution in [3.63, 3.8) is 0 Å². The van der Waals surface area contributed by atoms with Gasteiger partial charge in [-0.15, -0.1) is 0 Å². The molecular weight excluding hydrogens is 195 g/mol. The van der Waals surface area contributed by atoms with E-state index in [0.29, 0.717) is 12.4 Å². The van der Waals surface area contributed by atoms with E-state index in [1.165, 1.54) is 0 Å². The zero-order chi connectivity index (χ0) is 9.61. The van der Waals surface area contributed by atoms with Crippen LogP contribution in [0, 0.1) is 5.41 Å². The minimum absolute atomic E-state index is 0.0359. The van der Waals surface area contributed by atoms with Gasteiger partial charge in [0.15, 0.2) is 5.12 Å². The van der Waals surface area contributed by atoms with Gasteiger partial charge in [0.1, 0.15) is 0 Å². The molecule has 0 saturated carbocycles. The Morgan fingerprint density at radius 1 is 1.67 bits per heavy atom. The fourth-order valence-electron chi connectivity index (χ4n) is 0.601. The van der Waals surface area contributed by atoms with E-state index in [4.69, 9.17) is 9.63 Å². The molecule has 0 aromatic carbocycles. The van der Waals surface area contributed by atoms with Crippen LogP contribution in [0.5, 0.6) is 0 Å². The minimum atomic E-state index is -0.471. The van der Waals surface area contributed by atoms with Gasteiger partial charge in [-0.3, -0.25) is 4.79 Å². The molecule has 1 atom stereocenters. The van der Waals surface area contributed by atoms with Gasteiger partial charge in [0.2, 0.25) is 0 Å². The highest BCUT2D eigenvalue weighted by Gasteiger charge is 2.27. The summed E-state index contributed by atoms with van der Waals surface area (Å²) < 4.78 is 4.83. The number of hydrogen-bond acceptors (Lipinski definition) is 4. The summed E-state index contributed by atoms with van der Waals surface area (Å²) in [6.07, 6.45) is 0. The molecule has 1 unspecified atom stereocenters. The third-order valence-corrected chi connectivity index (χ3v) is 2.69. The number of carbonyl (C=O) groups excluding carboxylic acids is 1. The Morgan fingerprint density at radius 2 is 2.25 bits per heavy atom. The summed E-state index contributed by atoms with van der Waals surface area (Å²) in [6, 6.07) is 0. The highest BCUT2D eigenvalue weighted by molar-refractivity contribution is 8.13. The van der Waals surface area contributed by atoms with Gasteiger partial charge in [0.25, 0.3) is 0 Å². The molecule has 3 nitrogen and oxygen atoms in total. The van der Waals surface area contributed by atoms with E-state index in [1.54, 1.807) is 0 Å². The largest absolute Gasteiger partial charge is 0.396 e. The van der Waals surface area contributed by atoms with Crippen LogP contribution in [-0.2, 0) is 9.32 Å². The predicted octanol–water partition coefficient (Wildman–Crippen LogP) is 1.07. The highest BCUT2D eigenvalue weighted by atomic mass is 32.2. The molecule has 0 aliphatic rings. The van der Waals surface area contributed by atoms with Crippen LogP contribution in [0.3, 0.4) is 0 Å². The minimum Gasteiger partial charge on any atom is -0.396 e. The van der Waals surface area contributed by atoms with E-state index in [-0.39, 0.29) is 11.7 Å². The van der Waals surface area contributed by atoms with Crippen molar-refractivity contribution in [1.82, 2.24) is 0 Å². The van der Waals surface area contributed by atoms with Gasteiger partial charge >= 0.3 is 0 Å². The maximum absolute atomic E-state index is 11.4. The molecule has 1 N–H and O–H groups in total. The molecule has 0 saturated heterocycles. The molecule has 0 aromatic rings. The molecule has 0 radical (unpaired) electrons. The summed E-state index contributed by atoms with van der Waals surface area (Å²) in [4.78, 5) is 11.4. The lowest BCUT2D eigenvalue weighted by atomic mass is 9.97. The van der Waals surface area contributed by atoms with E-state index >= 15 is 0 Å². The van der Waals surface area contributed by atoms with Crippen LogP contribution in [0.1, 0.15) is 13.8 Å². The van der Waals surface area contributed by atoms with Gasteiger partial charge in [0, 0.05) is 15.2 Å². The van der Waals surface area contributed by atoms with Crippen molar-refractivity contribution in [1.29, 1.82) is 0 Å². The van der Waals surface area contributed by atoms with Crippen LogP contribution >= 0.6 is 21.2 Å². The number of thioether (sulfide) groups is 1. The SMILES string of the molecule is CC(C)(COP)C(=O)SCCO. The zero-order valence-electron chi connectivity index (χ0n) is 7.37. The summed E-state index contributed by atoms with van der Waals surface area (Å²) in [5.41, 5.74) is -0.471. The van der Waals surface area contributed by atoms with Gasteiger partial charge in [0.05, 0.1) is 18.6 Å². The molecule has 0 amide bonds. The molecule has 0 heterocycles. The van der Waals surface area contributed by atoms with E-state index in [0.717, 1.165) is 11.8 Å². The molecule has 0 bridgehead atoms. The molecule has 0 spiro atoms. The molecule has 0 aliphatic carbocycles. The van der Waals surface area contributed by atoms with E-state index < -0.39 is 5.41 Å². The van der Waals surface area contributed by atoms with Crippen molar-refractivity contribution in [2.24, 2.45) is 5.41 Å². The van der Waals surface area contributed by atoms with Crippen LogP contribution in [0.2, 0.25) is 0 Å².